The molecule has 2 rings (SSSR count). The van der Waals surface area contributed by atoms with Crippen molar-refractivity contribution in [3.63, 3.8) is 0 Å². The predicted octanol–water partition coefficient (Wildman–Crippen LogP) is 2.95. The van der Waals surface area contributed by atoms with E-state index in [1.54, 1.807) is 12.4 Å². The highest BCUT2D eigenvalue weighted by Gasteiger charge is 2.09. The van der Waals surface area contributed by atoms with E-state index in [0.29, 0.717) is 5.82 Å². The van der Waals surface area contributed by atoms with Gasteiger partial charge in [-0.15, -0.1) is 0 Å². The number of rotatable bonds is 2. The van der Waals surface area contributed by atoms with Gasteiger partial charge in [0, 0.05) is 23.9 Å². The van der Waals surface area contributed by atoms with Crippen molar-refractivity contribution < 1.29 is 0 Å². The average molecular weight is 391 g/mol. The van der Waals surface area contributed by atoms with Crippen LogP contribution in [0.2, 0.25) is 0 Å². The standard InChI is InChI=1S/C10H8BrIN4/c1-13-9-7(12)5-15-10(16-9)8-6(11)3-2-4-14-8/h2-5H,1H3,(H,13,15,16). The molecule has 6 heteroatoms. The van der Waals surface area contributed by atoms with Gasteiger partial charge in [-0.3, -0.25) is 4.98 Å². The highest BCUT2D eigenvalue weighted by Crippen LogP contribution is 2.24. The van der Waals surface area contributed by atoms with Gasteiger partial charge in [0.25, 0.3) is 0 Å². The van der Waals surface area contributed by atoms with E-state index in [-0.39, 0.29) is 0 Å². The summed E-state index contributed by atoms with van der Waals surface area (Å²) >= 11 is 5.62. The minimum Gasteiger partial charge on any atom is -0.372 e. The van der Waals surface area contributed by atoms with Gasteiger partial charge >= 0.3 is 0 Å². The van der Waals surface area contributed by atoms with Crippen LogP contribution in [-0.4, -0.2) is 22.0 Å². The number of pyridine rings is 1. The largest absolute Gasteiger partial charge is 0.372 e. The Hall–Kier alpha value is -0.760. The van der Waals surface area contributed by atoms with Crippen molar-refractivity contribution in [3.05, 3.63) is 32.6 Å². The van der Waals surface area contributed by atoms with Crippen LogP contribution < -0.4 is 5.32 Å². The highest BCUT2D eigenvalue weighted by atomic mass is 127. The normalized spacial score (nSPS) is 10.2. The van der Waals surface area contributed by atoms with Crippen LogP contribution in [0, 0.1) is 3.57 Å². The Morgan fingerprint density at radius 2 is 2.19 bits per heavy atom. The van der Waals surface area contributed by atoms with E-state index in [9.17, 15) is 0 Å². The molecule has 0 radical (unpaired) electrons. The van der Waals surface area contributed by atoms with Crippen LogP contribution in [-0.2, 0) is 0 Å². The maximum atomic E-state index is 4.40. The molecule has 0 saturated carbocycles. The number of halogens is 2. The minimum absolute atomic E-state index is 0.609. The third-order valence-corrected chi connectivity index (χ3v) is 3.38. The fraction of sp³-hybridized carbons (Fsp3) is 0.100. The van der Waals surface area contributed by atoms with E-state index in [0.717, 1.165) is 19.6 Å². The SMILES string of the molecule is CNc1nc(-c2ncccc2Br)ncc1I. The van der Waals surface area contributed by atoms with E-state index < -0.39 is 0 Å². The lowest BCUT2D eigenvalue weighted by molar-refractivity contribution is 1.12. The predicted molar refractivity (Wildman–Crippen MR) is 75.2 cm³/mol. The first-order valence-electron chi connectivity index (χ1n) is 4.53. The van der Waals surface area contributed by atoms with Crippen molar-refractivity contribution in [2.75, 3.05) is 12.4 Å². The molecule has 0 spiro atoms. The number of hydrogen-bond donors (Lipinski definition) is 1. The summed E-state index contributed by atoms with van der Waals surface area (Å²) in [5, 5.41) is 3.02. The molecule has 0 aliphatic rings. The van der Waals surface area contributed by atoms with E-state index in [4.69, 9.17) is 0 Å². The topological polar surface area (TPSA) is 50.7 Å². The third-order valence-electron chi connectivity index (χ3n) is 1.95. The van der Waals surface area contributed by atoms with E-state index >= 15 is 0 Å². The lowest BCUT2D eigenvalue weighted by Gasteiger charge is -2.05. The van der Waals surface area contributed by atoms with E-state index in [1.807, 2.05) is 19.2 Å². The molecule has 0 atom stereocenters. The van der Waals surface area contributed by atoms with E-state index in [1.165, 1.54) is 0 Å². The van der Waals surface area contributed by atoms with Gasteiger partial charge in [-0.1, -0.05) is 0 Å². The Labute approximate surface area is 115 Å². The van der Waals surface area contributed by atoms with E-state index in [2.05, 4.69) is 58.8 Å². The smallest absolute Gasteiger partial charge is 0.181 e. The first-order chi connectivity index (χ1) is 7.72. The maximum Gasteiger partial charge on any atom is 0.181 e. The molecule has 0 unspecified atom stereocenters. The zero-order chi connectivity index (χ0) is 11.5. The minimum atomic E-state index is 0.609. The van der Waals surface area contributed by atoms with Crippen molar-refractivity contribution in [2.24, 2.45) is 0 Å². The summed E-state index contributed by atoms with van der Waals surface area (Å²) in [4.78, 5) is 12.9. The third kappa shape index (κ3) is 2.32. The molecule has 0 saturated heterocycles. The Kier molecular flexibility index (Phi) is 3.70. The average Bonchev–Trinajstić information content (AvgIpc) is 2.31. The maximum absolute atomic E-state index is 4.40. The highest BCUT2D eigenvalue weighted by molar-refractivity contribution is 14.1. The van der Waals surface area contributed by atoms with Gasteiger partial charge in [0.2, 0.25) is 0 Å². The van der Waals surface area contributed by atoms with Gasteiger partial charge < -0.3 is 5.32 Å². The van der Waals surface area contributed by atoms with Gasteiger partial charge in [0.15, 0.2) is 5.82 Å². The summed E-state index contributed by atoms with van der Waals surface area (Å²) in [5.41, 5.74) is 0.746. The molecular formula is C10H8BrIN4. The van der Waals surface area contributed by atoms with Crippen LogP contribution in [0.1, 0.15) is 0 Å². The van der Waals surface area contributed by atoms with Crippen LogP contribution >= 0.6 is 38.5 Å². The Balaban J connectivity index is 2.53. The quantitative estimate of drug-likeness (QED) is 0.801. The number of anilines is 1. The van der Waals surface area contributed by atoms with Crippen LogP contribution in [0.25, 0.3) is 11.5 Å². The van der Waals surface area contributed by atoms with Crippen LogP contribution in [0.3, 0.4) is 0 Å². The molecule has 16 heavy (non-hydrogen) atoms. The molecule has 0 amide bonds. The first-order valence-corrected chi connectivity index (χ1v) is 6.40. The van der Waals surface area contributed by atoms with Gasteiger partial charge in [0.05, 0.1) is 3.57 Å². The molecule has 0 aromatic carbocycles. The van der Waals surface area contributed by atoms with Crippen LogP contribution in [0.15, 0.2) is 29.0 Å². The molecule has 0 bridgehead atoms. The van der Waals surface area contributed by atoms with Crippen molar-refractivity contribution in [2.45, 2.75) is 0 Å². The summed E-state index contributed by atoms with van der Waals surface area (Å²) < 4.78 is 1.87. The number of nitrogens with zero attached hydrogens (tertiary/aromatic N) is 3. The second kappa shape index (κ2) is 5.05. The monoisotopic (exact) mass is 390 g/mol. The van der Waals surface area contributed by atoms with Crippen molar-refractivity contribution in [1.29, 1.82) is 0 Å². The lowest BCUT2D eigenvalue weighted by atomic mass is 10.3. The molecule has 4 nitrogen and oxygen atoms in total. The lowest BCUT2D eigenvalue weighted by Crippen LogP contribution is -2.00. The second-order valence-corrected chi connectivity index (χ2v) is 4.99. The summed E-state index contributed by atoms with van der Waals surface area (Å²) in [6, 6.07) is 3.78. The van der Waals surface area contributed by atoms with Crippen molar-refractivity contribution >= 4 is 44.3 Å². The van der Waals surface area contributed by atoms with Gasteiger partial charge in [-0.25, -0.2) is 9.97 Å². The summed E-state index contributed by atoms with van der Waals surface area (Å²) in [6.07, 6.45) is 3.50. The Morgan fingerprint density at radius 3 is 2.88 bits per heavy atom. The number of hydrogen-bond acceptors (Lipinski definition) is 4. The van der Waals surface area contributed by atoms with Crippen LogP contribution in [0.4, 0.5) is 5.82 Å². The summed E-state index contributed by atoms with van der Waals surface area (Å²) in [6.45, 7) is 0. The fourth-order valence-corrected chi connectivity index (χ4v) is 2.17. The number of aromatic nitrogens is 3. The molecule has 2 aromatic rings. The summed E-state index contributed by atoms with van der Waals surface area (Å²) in [7, 11) is 1.84. The molecule has 1 N–H and O–H groups in total. The van der Waals surface area contributed by atoms with Gasteiger partial charge in [-0.2, -0.15) is 0 Å². The second-order valence-electron chi connectivity index (χ2n) is 2.97. The molecule has 0 aliphatic carbocycles. The van der Waals surface area contributed by atoms with Gasteiger partial charge in [0.1, 0.15) is 11.5 Å². The number of nitrogens with one attached hydrogen (secondary N) is 1. The van der Waals surface area contributed by atoms with Gasteiger partial charge in [-0.05, 0) is 50.7 Å². The van der Waals surface area contributed by atoms with Crippen LogP contribution in [0.5, 0.6) is 0 Å². The molecular weight excluding hydrogens is 383 g/mol. The molecule has 0 fully saturated rings. The molecule has 82 valence electrons. The van der Waals surface area contributed by atoms with Crippen molar-refractivity contribution in [1.82, 2.24) is 15.0 Å². The molecule has 2 aromatic heterocycles. The molecule has 0 aliphatic heterocycles. The Bertz CT molecular complexity index is 518. The Morgan fingerprint density at radius 1 is 1.38 bits per heavy atom. The summed E-state index contributed by atoms with van der Waals surface area (Å²) in [5.74, 6) is 1.42. The first kappa shape index (κ1) is 11.7. The molecule has 2 heterocycles. The zero-order valence-corrected chi connectivity index (χ0v) is 12.2. The zero-order valence-electron chi connectivity index (χ0n) is 8.41. The fourth-order valence-electron chi connectivity index (χ4n) is 1.21. The van der Waals surface area contributed by atoms with Crippen molar-refractivity contribution in [3.8, 4) is 11.5 Å².